The largest absolute Gasteiger partial charge is 0.444 e. The maximum Gasteiger partial charge on any atom is 0.410 e. The molecule has 272 valence electrons. The number of benzene rings is 1. The van der Waals surface area contributed by atoms with Crippen molar-refractivity contribution in [2.45, 2.75) is 108 Å². The minimum absolute atomic E-state index is 0. The number of carbonyl (C=O) groups excluding carboxylic acids is 5. The molecule has 48 heavy (non-hydrogen) atoms. The van der Waals surface area contributed by atoms with Crippen LogP contribution >= 0.6 is 12.8 Å². The van der Waals surface area contributed by atoms with Crippen LogP contribution in [0.3, 0.4) is 0 Å². The Labute approximate surface area is 288 Å². The Bertz CT molecular complexity index is 1440. The fraction of sp³-hybridized carbons (Fsp3) is 0.594. The van der Waals surface area contributed by atoms with Crippen molar-refractivity contribution >= 4 is 42.7 Å². The Morgan fingerprint density at radius 3 is 2.56 bits per heavy atom. The van der Waals surface area contributed by atoms with Crippen molar-refractivity contribution in [2.24, 2.45) is 5.92 Å². The maximum atomic E-state index is 14.3. The summed E-state index contributed by atoms with van der Waals surface area (Å²) in [7, 11) is 0. The van der Waals surface area contributed by atoms with E-state index in [0.29, 0.717) is 30.4 Å². The van der Waals surface area contributed by atoms with E-state index >= 15 is 0 Å². The summed E-state index contributed by atoms with van der Waals surface area (Å²) in [6.45, 7) is 5.25. The Morgan fingerprint density at radius 2 is 1.88 bits per heavy atom. The highest BCUT2D eigenvalue weighted by atomic mass is 32.1. The summed E-state index contributed by atoms with van der Waals surface area (Å²) < 4.78 is 27.9. The number of nitrogens with zero attached hydrogens (tertiary/aromatic N) is 2. The molecule has 5 amide bonds. The molecular weight excluding hydrogens is 649 g/mol. The molecule has 7 N–H and O–H groups in total. The number of hydrogen-bond donors (Lipinski definition) is 4. The van der Waals surface area contributed by atoms with Crippen molar-refractivity contribution in [3.8, 4) is 0 Å². The third-order valence-electron chi connectivity index (χ3n) is 8.89. The first kappa shape index (κ1) is 38.6. The van der Waals surface area contributed by atoms with E-state index in [4.69, 9.17) is 9.47 Å². The zero-order chi connectivity index (χ0) is 33.2. The van der Waals surface area contributed by atoms with Gasteiger partial charge in [-0.05, 0) is 58.1 Å². The maximum absolute atomic E-state index is 14.3. The van der Waals surface area contributed by atoms with Gasteiger partial charge in [-0.2, -0.15) is 0 Å². The van der Waals surface area contributed by atoms with E-state index in [9.17, 15) is 28.4 Å². The number of carbonyl (C=O) groups is 5. The van der Waals surface area contributed by atoms with Crippen LogP contribution in [0.4, 0.5) is 14.0 Å². The molecule has 5 rings (SSSR count). The average Bonchev–Trinajstić information content (AvgIpc) is 3.29. The lowest BCUT2D eigenvalue weighted by molar-refractivity contribution is -0.141. The molecule has 0 radical (unpaired) electrons. The molecule has 3 heterocycles. The Balaban J connectivity index is 0.00000500. The first-order chi connectivity index (χ1) is 21.8. The SMILES string of the molecule is CC(C)(C)OC(=O)N[C@H]1CCCCC/C=C\[C@@H]2C[C@@]2(C(=O)NS)NC(=O)[C@@H]2C[C@@H](OC(=O)N3Cc4cccc(F)c4C3)CN2C1=O.O.O.[HH].[HH].[HH]. The Kier molecular flexibility index (Phi) is 12.5. The molecule has 16 heteroatoms. The highest BCUT2D eigenvalue weighted by Crippen LogP contribution is 2.45. The van der Waals surface area contributed by atoms with Gasteiger partial charge in [-0.3, -0.25) is 19.3 Å². The second-order valence-corrected chi connectivity index (χ2v) is 13.7. The normalized spacial score (nSPS) is 27.6. The lowest BCUT2D eigenvalue weighted by atomic mass is 10.0. The van der Waals surface area contributed by atoms with Gasteiger partial charge in [-0.15, -0.1) is 0 Å². The number of nitrogens with one attached hydrogen (secondary N) is 3. The number of alkyl carbamates (subject to hydrolysis) is 1. The van der Waals surface area contributed by atoms with Crippen molar-refractivity contribution in [1.82, 2.24) is 25.2 Å². The molecule has 1 aliphatic carbocycles. The number of ether oxygens (including phenoxy) is 2. The Hall–Kier alpha value is -3.89. The summed E-state index contributed by atoms with van der Waals surface area (Å²) in [5.74, 6) is -2.22. The van der Waals surface area contributed by atoms with Gasteiger partial charge in [0.1, 0.15) is 35.1 Å². The van der Waals surface area contributed by atoms with Gasteiger partial charge in [0.2, 0.25) is 11.8 Å². The summed E-state index contributed by atoms with van der Waals surface area (Å²) in [6.07, 6.45) is 5.25. The molecule has 14 nitrogen and oxygen atoms in total. The quantitative estimate of drug-likeness (QED) is 0.273. The van der Waals surface area contributed by atoms with Crippen molar-refractivity contribution in [3.05, 3.63) is 47.3 Å². The second kappa shape index (κ2) is 15.6. The molecule has 3 aliphatic heterocycles. The molecule has 1 aromatic rings. The molecule has 0 aromatic heterocycles. The summed E-state index contributed by atoms with van der Waals surface area (Å²) in [6, 6.07) is 2.57. The first-order valence-electron chi connectivity index (χ1n) is 15.8. The molecule has 4 aliphatic rings. The van der Waals surface area contributed by atoms with Crippen molar-refractivity contribution < 1.29 is 53.1 Å². The standard InChI is InChI=1S/C32H42FN5O7S.2H2O.3H2/c1-31(2,3)45-29(42)34-24-13-8-6-4-5-7-11-20-15-32(20,28(41)36-46)35-26(39)25-14-21(17-38(25)27(24)40)44-30(43)37-16-19-10-9-12-23(33)22(19)18-37;;;;;/h7,9-12,20-21,24-25,46H,4-6,8,13-18H2,1-3H3,(H,34,42)(H,35,39)(H,36,41);2*1H2;3*1H/b11-7-;;;;;/t20-,21-,24+,25+,32-;;;;;/m1...../s1. The van der Waals surface area contributed by atoms with Gasteiger partial charge >= 0.3 is 12.2 Å². The van der Waals surface area contributed by atoms with Crippen molar-refractivity contribution in [3.63, 3.8) is 0 Å². The van der Waals surface area contributed by atoms with Gasteiger partial charge in [-0.25, -0.2) is 14.0 Å². The molecule has 2 fully saturated rings. The molecule has 1 saturated carbocycles. The number of halogens is 1. The van der Waals surface area contributed by atoms with Gasteiger partial charge in [0.05, 0.1) is 13.1 Å². The number of amides is 5. The van der Waals surface area contributed by atoms with Crippen LogP contribution in [0, 0.1) is 11.7 Å². The lowest BCUT2D eigenvalue weighted by Crippen LogP contribution is -2.57. The van der Waals surface area contributed by atoms with E-state index in [1.165, 1.54) is 15.9 Å². The van der Waals surface area contributed by atoms with Crippen LogP contribution < -0.4 is 15.4 Å². The third kappa shape index (κ3) is 8.57. The van der Waals surface area contributed by atoms with Gasteiger partial charge in [0.15, 0.2) is 0 Å². The molecular formula is C32H52FN5O9S. The summed E-state index contributed by atoms with van der Waals surface area (Å²) in [5, 5.41) is 5.55. The van der Waals surface area contributed by atoms with Crippen molar-refractivity contribution in [2.75, 3.05) is 6.54 Å². The molecule has 5 atom stereocenters. The number of thiol groups is 1. The number of hydrogen-bond acceptors (Lipinski definition) is 8. The van der Waals surface area contributed by atoms with Gasteiger partial charge in [-0.1, -0.05) is 49.9 Å². The highest BCUT2D eigenvalue weighted by Gasteiger charge is 2.61. The molecule has 1 aromatic carbocycles. The van der Waals surface area contributed by atoms with Crippen LogP contribution in [-0.4, -0.2) is 86.5 Å². The minimum Gasteiger partial charge on any atom is -0.444 e. The number of fused-ring (bicyclic) bond motifs is 3. The van der Waals surface area contributed by atoms with Crippen LogP contribution in [0.5, 0.6) is 0 Å². The molecule has 0 spiro atoms. The van der Waals surface area contributed by atoms with E-state index in [1.807, 2.05) is 12.2 Å². The van der Waals surface area contributed by atoms with Crippen LogP contribution in [0.2, 0.25) is 0 Å². The van der Waals surface area contributed by atoms with E-state index in [0.717, 1.165) is 19.3 Å². The zero-order valence-electron chi connectivity index (χ0n) is 27.3. The van der Waals surface area contributed by atoms with Crippen LogP contribution in [-0.2, 0) is 36.9 Å². The van der Waals surface area contributed by atoms with E-state index in [2.05, 4.69) is 28.2 Å². The molecule has 1 saturated heterocycles. The lowest BCUT2D eigenvalue weighted by Gasteiger charge is -2.30. The van der Waals surface area contributed by atoms with Crippen LogP contribution in [0.1, 0.15) is 81.1 Å². The van der Waals surface area contributed by atoms with Crippen LogP contribution in [0.25, 0.3) is 0 Å². The smallest absolute Gasteiger partial charge is 0.410 e. The topological polar surface area (TPSA) is 209 Å². The van der Waals surface area contributed by atoms with Gasteiger partial charge < -0.3 is 40.7 Å². The van der Waals surface area contributed by atoms with E-state index < -0.39 is 65.1 Å². The van der Waals surface area contributed by atoms with Crippen LogP contribution in [0.15, 0.2) is 30.4 Å². The van der Waals surface area contributed by atoms with E-state index in [1.54, 1.807) is 32.9 Å². The monoisotopic (exact) mass is 701 g/mol. The highest BCUT2D eigenvalue weighted by molar-refractivity contribution is 7.78. The van der Waals surface area contributed by atoms with Gasteiger partial charge in [0.25, 0.3) is 5.91 Å². The Morgan fingerprint density at radius 1 is 1.12 bits per heavy atom. The zero-order valence-corrected chi connectivity index (χ0v) is 28.2. The fourth-order valence-corrected chi connectivity index (χ4v) is 6.64. The predicted octanol–water partition coefficient (Wildman–Crippen LogP) is 2.59. The first-order valence-corrected chi connectivity index (χ1v) is 16.2. The average molecular weight is 702 g/mol. The molecule has 0 bridgehead atoms. The van der Waals surface area contributed by atoms with E-state index in [-0.39, 0.29) is 47.2 Å². The number of rotatable bonds is 3. The number of allylic oxidation sites excluding steroid dienone is 1. The van der Waals surface area contributed by atoms with Gasteiger partial charge in [0, 0.05) is 28.7 Å². The third-order valence-corrected chi connectivity index (χ3v) is 9.09. The summed E-state index contributed by atoms with van der Waals surface area (Å²) in [4.78, 5) is 69.6. The minimum atomic E-state index is -1.22. The fourth-order valence-electron chi connectivity index (χ4n) is 6.44. The molecule has 0 unspecified atom stereocenters. The van der Waals surface area contributed by atoms with Crippen molar-refractivity contribution in [1.29, 1.82) is 0 Å². The predicted molar refractivity (Wildman–Crippen MR) is 181 cm³/mol. The summed E-state index contributed by atoms with van der Waals surface area (Å²) >= 11 is 3.94. The second-order valence-electron chi connectivity index (χ2n) is 13.5. The summed E-state index contributed by atoms with van der Waals surface area (Å²) in [5.41, 5.74) is -0.916.